The van der Waals surface area contributed by atoms with Crippen molar-refractivity contribution in [3.05, 3.63) is 94.4 Å². The van der Waals surface area contributed by atoms with Crippen molar-refractivity contribution in [2.45, 2.75) is 6.61 Å². The summed E-state index contributed by atoms with van der Waals surface area (Å²) in [5, 5.41) is 11.4. The Hall–Kier alpha value is -4.20. The molecule has 0 saturated carbocycles. The molecule has 0 aliphatic heterocycles. The van der Waals surface area contributed by atoms with E-state index in [-0.39, 0.29) is 5.75 Å². The maximum absolute atomic E-state index is 13.9. The summed E-state index contributed by atoms with van der Waals surface area (Å²) in [6.45, 7) is 0.362. The van der Waals surface area contributed by atoms with Crippen LogP contribution < -0.4 is 14.2 Å². The van der Waals surface area contributed by atoms with Gasteiger partial charge in [-0.05, 0) is 23.8 Å². The summed E-state index contributed by atoms with van der Waals surface area (Å²) in [5.74, 6) is 0.543. The Balaban J connectivity index is 1.65. The summed E-state index contributed by atoms with van der Waals surface area (Å²) in [6.07, 6.45) is 1.55. The summed E-state index contributed by atoms with van der Waals surface area (Å²) < 4.78 is 31.1. The van der Waals surface area contributed by atoms with Crippen LogP contribution in [-0.2, 0) is 6.61 Å². The number of rotatable bonds is 7. The largest absolute Gasteiger partial charge is 0.493 e. The van der Waals surface area contributed by atoms with Gasteiger partial charge in [0.05, 0.1) is 17.5 Å². The molecule has 0 bridgehead atoms. The van der Waals surface area contributed by atoms with Crippen molar-refractivity contribution in [2.24, 2.45) is 0 Å². The van der Waals surface area contributed by atoms with Gasteiger partial charge in [-0.25, -0.2) is 0 Å². The monoisotopic (exact) mass is 420 g/mol. The molecule has 3 aromatic carbocycles. The predicted octanol–water partition coefficient (Wildman–Crippen LogP) is 5.66. The number of halogens is 1. The van der Waals surface area contributed by atoms with Gasteiger partial charge in [-0.2, -0.15) is 4.39 Å². The molecule has 0 unspecified atom stereocenters. The molecule has 4 rings (SSSR count). The molecule has 0 aliphatic carbocycles. The summed E-state index contributed by atoms with van der Waals surface area (Å²) in [5.41, 5.74) is 0.979. The lowest BCUT2D eigenvalue weighted by molar-refractivity contribution is -0.387. The molecule has 156 valence electrons. The number of hydrogen-bond acceptors (Lipinski definition) is 6. The maximum Gasteiger partial charge on any atom is 0.305 e. The number of aromatic nitrogens is 1. The molecule has 1 heterocycles. The van der Waals surface area contributed by atoms with Crippen molar-refractivity contribution in [1.82, 2.24) is 4.98 Å². The molecule has 0 saturated heterocycles. The molecule has 0 fully saturated rings. The van der Waals surface area contributed by atoms with E-state index in [4.69, 9.17) is 14.2 Å². The zero-order chi connectivity index (χ0) is 21.8. The molecule has 0 atom stereocenters. The molecule has 1 aromatic heterocycles. The summed E-state index contributed by atoms with van der Waals surface area (Å²) in [6, 6.07) is 18.2. The van der Waals surface area contributed by atoms with E-state index in [1.54, 1.807) is 24.4 Å². The minimum absolute atomic E-state index is 0.124. The fourth-order valence-corrected chi connectivity index (χ4v) is 3.05. The minimum Gasteiger partial charge on any atom is -0.493 e. The zero-order valence-electron chi connectivity index (χ0n) is 16.4. The van der Waals surface area contributed by atoms with E-state index in [0.717, 1.165) is 17.7 Å². The van der Waals surface area contributed by atoms with Crippen LogP contribution in [0, 0.1) is 15.9 Å². The first-order chi connectivity index (χ1) is 15.0. The molecule has 0 amide bonds. The molecular formula is C23H17FN2O5. The second kappa shape index (κ2) is 8.66. The van der Waals surface area contributed by atoms with Gasteiger partial charge in [0.15, 0.2) is 11.5 Å². The first-order valence-electron chi connectivity index (χ1n) is 9.30. The van der Waals surface area contributed by atoms with Crippen LogP contribution in [0.5, 0.6) is 23.0 Å². The minimum atomic E-state index is -0.977. The van der Waals surface area contributed by atoms with Gasteiger partial charge in [-0.3, -0.25) is 15.1 Å². The van der Waals surface area contributed by atoms with E-state index in [9.17, 15) is 14.5 Å². The van der Waals surface area contributed by atoms with Crippen molar-refractivity contribution >= 4 is 16.6 Å². The SMILES string of the molecule is COc1cc2c(Oc3ccc([N+](=O)[O-])c(F)c3)ccnc2cc1OCc1ccccc1. The van der Waals surface area contributed by atoms with Crippen LogP contribution in [0.3, 0.4) is 0 Å². The quantitative estimate of drug-likeness (QED) is 0.283. The third kappa shape index (κ3) is 4.37. The Kier molecular flexibility index (Phi) is 5.61. The number of pyridine rings is 1. The number of methoxy groups -OCH3 is 1. The Morgan fingerprint density at radius 2 is 1.81 bits per heavy atom. The molecule has 31 heavy (non-hydrogen) atoms. The summed E-state index contributed by atoms with van der Waals surface area (Å²) in [7, 11) is 1.53. The predicted molar refractivity (Wildman–Crippen MR) is 112 cm³/mol. The molecule has 0 spiro atoms. The highest BCUT2D eigenvalue weighted by Crippen LogP contribution is 2.37. The van der Waals surface area contributed by atoms with Gasteiger partial charge in [0.25, 0.3) is 0 Å². The standard InChI is InChI=1S/C23H17FN2O5/c1-29-22-12-17-19(13-23(22)30-14-15-5-3-2-4-6-15)25-10-9-21(17)31-16-7-8-20(26(27)28)18(24)11-16/h2-13H,14H2,1H3. The van der Waals surface area contributed by atoms with Gasteiger partial charge in [-0.15, -0.1) is 0 Å². The van der Waals surface area contributed by atoms with Crippen molar-refractivity contribution in [1.29, 1.82) is 0 Å². The lowest BCUT2D eigenvalue weighted by Gasteiger charge is -2.14. The Labute approximate surface area is 176 Å². The second-order valence-electron chi connectivity index (χ2n) is 6.58. The fraction of sp³-hybridized carbons (Fsp3) is 0.0870. The summed E-state index contributed by atoms with van der Waals surface area (Å²) in [4.78, 5) is 14.4. The molecule has 8 heteroatoms. The smallest absolute Gasteiger partial charge is 0.305 e. The van der Waals surface area contributed by atoms with E-state index < -0.39 is 16.4 Å². The van der Waals surface area contributed by atoms with Crippen molar-refractivity contribution in [2.75, 3.05) is 7.11 Å². The topological polar surface area (TPSA) is 83.7 Å². The van der Waals surface area contributed by atoms with Crippen LogP contribution in [0.2, 0.25) is 0 Å². The highest BCUT2D eigenvalue weighted by Gasteiger charge is 2.16. The van der Waals surface area contributed by atoms with Gasteiger partial charge < -0.3 is 14.2 Å². The molecule has 0 N–H and O–H groups in total. The number of nitro groups is 1. The van der Waals surface area contributed by atoms with Crippen LogP contribution in [-0.4, -0.2) is 17.0 Å². The fourth-order valence-electron chi connectivity index (χ4n) is 3.05. The average molecular weight is 420 g/mol. The highest BCUT2D eigenvalue weighted by molar-refractivity contribution is 5.88. The van der Waals surface area contributed by atoms with Gasteiger partial charge in [-0.1, -0.05) is 30.3 Å². The van der Waals surface area contributed by atoms with Crippen LogP contribution in [0.4, 0.5) is 10.1 Å². The maximum atomic E-state index is 13.9. The highest BCUT2D eigenvalue weighted by atomic mass is 19.1. The van der Waals surface area contributed by atoms with Crippen LogP contribution >= 0.6 is 0 Å². The van der Waals surface area contributed by atoms with E-state index in [1.165, 1.54) is 13.2 Å². The Morgan fingerprint density at radius 3 is 2.52 bits per heavy atom. The lowest BCUT2D eigenvalue weighted by Crippen LogP contribution is -1.98. The molecule has 0 aliphatic rings. The first-order valence-corrected chi connectivity index (χ1v) is 9.30. The van der Waals surface area contributed by atoms with Gasteiger partial charge in [0, 0.05) is 29.8 Å². The first kappa shape index (κ1) is 20.1. The number of hydrogen-bond donors (Lipinski definition) is 0. The molecule has 0 radical (unpaired) electrons. The molecular weight excluding hydrogens is 403 g/mol. The third-order valence-corrected chi connectivity index (χ3v) is 4.57. The second-order valence-corrected chi connectivity index (χ2v) is 6.58. The third-order valence-electron chi connectivity index (χ3n) is 4.57. The van der Waals surface area contributed by atoms with E-state index >= 15 is 0 Å². The van der Waals surface area contributed by atoms with Gasteiger partial charge in [0.2, 0.25) is 5.82 Å². The van der Waals surface area contributed by atoms with Crippen LogP contribution in [0.1, 0.15) is 5.56 Å². The number of fused-ring (bicyclic) bond motifs is 1. The molecule has 7 nitrogen and oxygen atoms in total. The van der Waals surface area contributed by atoms with E-state index in [0.29, 0.717) is 34.8 Å². The molecule has 4 aromatic rings. The summed E-state index contributed by atoms with van der Waals surface area (Å²) >= 11 is 0. The Morgan fingerprint density at radius 1 is 1.00 bits per heavy atom. The van der Waals surface area contributed by atoms with Crippen molar-refractivity contribution in [3.63, 3.8) is 0 Å². The number of ether oxygens (including phenoxy) is 3. The van der Waals surface area contributed by atoms with Gasteiger partial charge in [0.1, 0.15) is 18.1 Å². The van der Waals surface area contributed by atoms with E-state index in [2.05, 4.69) is 4.98 Å². The zero-order valence-corrected chi connectivity index (χ0v) is 16.4. The van der Waals surface area contributed by atoms with Crippen molar-refractivity contribution in [3.8, 4) is 23.0 Å². The number of benzene rings is 3. The number of nitro benzene ring substituents is 1. The van der Waals surface area contributed by atoms with Gasteiger partial charge >= 0.3 is 5.69 Å². The average Bonchev–Trinajstić information content (AvgIpc) is 2.78. The Bertz CT molecular complexity index is 1250. The van der Waals surface area contributed by atoms with Crippen molar-refractivity contribution < 1.29 is 23.5 Å². The van der Waals surface area contributed by atoms with Crippen LogP contribution in [0.25, 0.3) is 10.9 Å². The van der Waals surface area contributed by atoms with E-state index in [1.807, 2.05) is 30.3 Å². The number of nitrogens with zero attached hydrogens (tertiary/aromatic N) is 2. The lowest BCUT2D eigenvalue weighted by atomic mass is 10.1. The van der Waals surface area contributed by atoms with Crippen LogP contribution in [0.15, 0.2) is 72.9 Å². The normalized spacial score (nSPS) is 10.6.